The molecule has 0 aliphatic carbocycles. The summed E-state index contributed by atoms with van der Waals surface area (Å²) >= 11 is 5.98. The number of halogens is 1. The Morgan fingerprint density at radius 3 is 2.11 bits per heavy atom. The van der Waals surface area contributed by atoms with Crippen LogP contribution in [-0.4, -0.2) is 18.0 Å². The average Bonchev–Trinajstić information content (AvgIpc) is 2.69. The molecule has 28 heavy (non-hydrogen) atoms. The highest BCUT2D eigenvalue weighted by Gasteiger charge is 2.54. The summed E-state index contributed by atoms with van der Waals surface area (Å²) in [5.74, 6) is 0. The van der Waals surface area contributed by atoms with Crippen LogP contribution in [0, 0.1) is 15.3 Å². The maximum atomic E-state index is 13.4. The molecule has 6 nitrogen and oxygen atoms in total. The van der Waals surface area contributed by atoms with Crippen molar-refractivity contribution in [2.75, 3.05) is 18.4 Å². The van der Waals surface area contributed by atoms with Gasteiger partial charge >= 0.3 is 0 Å². The molecule has 0 saturated carbocycles. The van der Waals surface area contributed by atoms with Crippen molar-refractivity contribution in [3.63, 3.8) is 0 Å². The number of quaternary nitrogens is 1. The zero-order chi connectivity index (χ0) is 19.8. The van der Waals surface area contributed by atoms with Crippen molar-refractivity contribution < 1.29 is 4.92 Å². The lowest BCUT2D eigenvalue weighted by molar-refractivity contribution is -0.384. The van der Waals surface area contributed by atoms with E-state index in [9.17, 15) is 15.3 Å². The fraction of sp³-hybridized carbons (Fsp3) is 0.143. The quantitative estimate of drug-likeness (QED) is 0.283. The number of nitrogens with one attached hydrogen (secondary N) is 1. The van der Waals surface area contributed by atoms with E-state index in [1.807, 2.05) is 42.5 Å². The summed E-state index contributed by atoms with van der Waals surface area (Å²) in [6.07, 6.45) is 0. The van der Waals surface area contributed by atoms with Crippen molar-refractivity contribution in [2.24, 2.45) is 0 Å². The maximum absolute atomic E-state index is 13.4. The molecule has 0 radical (unpaired) electrons. The highest BCUT2D eigenvalue weighted by atomic mass is 35.5. The predicted molar refractivity (Wildman–Crippen MR) is 111 cm³/mol. The van der Waals surface area contributed by atoms with Crippen LogP contribution in [-0.2, 0) is 5.54 Å². The van der Waals surface area contributed by atoms with Gasteiger partial charge in [0.1, 0.15) is 18.8 Å². The summed E-state index contributed by atoms with van der Waals surface area (Å²) in [5.41, 5.74) is 1.86. The number of rotatable bonds is 5. The van der Waals surface area contributed by atoms with Gasteiger partial charge in [-0.3, -0.25) is 10.1 Å². The molecule has 1 fully saturated rings. The SMILES string of the molecule is O=[N+]([O-])c1ccc([N+]2([O-])CC(Nc3ccc(Cl)cc3)(c3ccccc3)C2)cc1. The van der Waals surface area contributed by atoms with Gasteiger partial charge in [-0.2, -0.15) is 0 Å². The molecular formula is C21H18ClN3O3. The van der Waals surface area contributed by atoms with Gasteiger partial charge in [-0.1, -0.05) is 41.9 Å². The van der Waals surface area contributed by atoms with Crippen LogP contribution in [0.25, 0.3) is 0 Å². The van der Waals surface area contributed by atoms with E-state index in [0.717, 1.165) is 11.3 Å². The lowest BCUT2D eigenvalue weighted by Crippen LogP contribution is -2.73. The number of anilines is 1. The summed E-state index contributed by atoms with van der Waals surface area (Å²) in [6.45, 7) is 0.550. The predicted octanol–water partition coefficient (Wildman–Crippen LogP) is 5.07. The lowest BCUT2D eigenvalue weighted by atomic mass is 9.80. The highest BCUT2D eigenvalue weighted by Crippen LogP contribution is 2.44. The number of non-ortho nitro benzene ring substituents is 1. The Morgan fingerprint density at radius 1 is 0.929 bits per heavy atom. The topological polar surface area (TPSA) is 78.2 Å². The number of nitrogens with zero attached hydrogens (tertiary/aromatic N) is 2. The molecule has 1 N–H and O–H groups in total. The zero-order valence-corrected chi connectivity index (χ0v) is 15.7. The van der Waals surface area contributed by atoms with Gasteiger partial charge in [0, 0.05) is 35.0 Å². The number of benzene rings is 3. The van der Waals surface area contributed by atoms with Crippen LogP contribution in [0.2, 0.25) is 5.02 Å². The second kappa shape index (κ2) is 6.91. The van der Waals surface area contributed by atoms with Crippen LogP contribution < -0.4 is 9.96 Å². The number of nitro groups is 1. The Hall–Kier alpha value is -2.93. The van der Waals surface area contributed by atoms with E-state index in [1.54, 1.807) is 24.3 Å². The van der Waals surface area contributed by atoms with Crippen LogP contribution in [0.3, 0.4) is 0 Å². The van der Waals surface area contributed by atoms with E-state index in [4.69, 9.17) is 11.6 Å². The highest BCUT2D eigenvalue weighted by molar-refractivity contribution is 6.30. The molecule has 1 saturated heterocycles. The monoisotopic (exact) mass is 395 g/mol. The molecule has 0 aromatic heterocycles. The van der Waals surface area contributed by atoms with Crippen molar-refractivity contribution in [2.45, 2.75) is 5.54 Å². The molecule has 3 aromatic carbocycles. The molecule has 1 heterocycles. The van der Waals surface area contributed by atoms with Crippen LogP contribution in [0.5, 0.6) is 0 Å². The normalized spacial score (nSPS) is 23.6. The fourth-order valence-corrected chi connectivity index (χ4v) is 3.88. The van der Waals surface area contributed by atoms with E-state index in [1.165, 1.54) is 12.1 Å². The third-order valence-electron chi connectivity index (χ3n) is 5.14. The maximum Gasteiger partial charge on any atom is 0.269 e. The van der Waals surface area contributed by atoms with Crippen LogP contribution >= 0.6 is 11.6 Å². The minimum atomic E-state index is -0.548. The summed E-state index contributed by atoms with van der Waals surface area (Å²) in [6, 6.07) is 23.1. The average molecular weight is 396 g/mol. The second-order valence-electron chi connectivity index (χ2n) is 7.06. The molecule has 1 aliphatic heterocycles. The molecule has 7 heteroatoms. The third-order valence-corrected chi connectivity index (χ3v) is 5.39. The lowest BCUT2D eigenvalue weighted by Gasteiger charge is -2.60. The Balaban J connectivity index is 1.64. The van der Waals surface area contributed by atoms with Gasteiger partial charge in [0.05, 0.1) is 4.92 Å². The molecule has 0 amide bonds. The summed E-state index contributed by atoms with van der Waals surface area (Å²) in [7, 11) is 0. The molecule has 0 unspecified atom stereocenters. The van der Waals surface area contributed by atoms with Gasteiger partial charge in [-0.25, -0.2) is 0 Å². The van der Waals surface area contributed by atoms with Gasteiger partial charge in [0.15, 0.2) is 5.54 Å². The van der Waals surface area contributed by atoms with Crippen LogP contribution in [0.15, 0.2) is 78.9 Å². The van der Waals surface area contributed by atoms with E-state index in [2.05, 4.69) is 5.32 Å². The smallest absolute Gasteiger partial charge is 0.269 e. The Bertz CT molecular complexity index is 986. The number of nitro benzene ring substituents is 1. The molecule has 142 valence electrons. The van der Waals surface area contributed by atoms with Crippen molar-refractivity contribution in [3.8, 4) is 0 Å². The minimum Gasteiger partial charge on any atom is -0.627 e. The van der Waals surface area contributed by atoms with Crippen molar-refractivity contribution in [1.82, 2.24) is 4.65 Å². The fourth-order valence-electron chi connectivity index (χ4n) is 3.75. The van der Waals surface area contributed by atoms with Gasteiger partial charge in [0.2, 0.25) is 0 Å². The van der Waals surface area contributed by atoms with Gasteiger partial charge < -0.3 is 15.2 Å². The third kappa shape index (κ3) is 3.33. The summed E-state index contributed by atoms with van der Waals surface area (Å²) < 4.78 is -0.548. The Labute approximate surface area is 167 Å². The second-order valence-corrected chi connectivity index (χ2v) is 7.50. The van der Waals surface area contributed by atoms with Crippen molar-refractivity contribution >= 4 is 28.7 Å². The first kappa shape index (κ1) is 18.4. The molecule has 3 aromatic rings. The summed E-state index contributed by atoms with van der Waals surface area (Å²) in [4.78, 5) is 10.4. The first-order valence-electron chi connectivity index (χ1n) is 8.83. The van der Waals surface area contributed by atoms with Gasteiger partial charge in [0.25, 0.3) is 5.69 Å². The molecule has 1 aliphatic rings. The number of hydroxylamine groups is 2. The zero-order valence-electron chi connectivity index (χ0n) is 14.9. The number of hydrogen-bond acceptors (Lipinski definition) is 4. The molecule has 4 rings (SSSR count). The van der Waals surface area contributed by atoms with Crippen molar-refractivity contribution in [1.29, 1.82) is 0 Å². The van der Waals surface area contributed by atoms with E-state index < -0.39 is 15.1 Å². The Morgan fingerprint density at radius 2 is 1.54 bits per heavy atom. The first-order chi connectivity index (χ1) is 13.4. The molecule has 0 spiro atoms. The first-order valence-corrected chi connectivity index (χ1v) is 9.20. The van der Waals surface area contributed by atoms with Crippen LogP contribution in [0.4, 0.5) is 17.1 Å². The standard InChI is InChI=1S/C21H18ClN3O3/c22-17-6-8-18(9-7-17)23-21(16-4-2-1-3-5-16)14-25(28,15-21)20-12-10-19(11-13-20)24(26)27/h1-13,23H,14-15H2. The van der Waals surface area contributed by atoms with Crippen molar-refractivity contribution in [3.05, 3.63) is 105 Å². The van der Waals surface area contributed by atoms with E-state index in [-0.39, 0.29) is 18.8 Å². The van der Waals surface area contributed by atoms with E-state index >= 15 is 0 Å². The molecule has 0 atom stereocenters. The summed E-state index contributed by atoms with van der Waals surface area (Å²) in [5, 5.41) is 28.4. The molecule has 0 bridgehead atoms. The largest absolute Gasteiger partial charge is 0.627 e. The van der Waals surface area contributed by atoms with Gasteiger partial charge in [-0.05, 0) is 29.8 Å². The van der Waals surface area contributed by atoms with Crippen LogP contribution in [0.1, 0.15) is 5.56 Å². The molecular weight excluding hydrogens is 378 g/mol. The van der Waals surface area contributed by atoms with Gasteiger partial charge in [-0.15, -0.1) is 0 Å². The Kier molecular flexibility index (Phi) is 4.55. The van der Waals surface area contributed by atoms with E-state index in [0.29, 0.717) is 10.7 Å². The minimum absolute atomic E-state index is 0.0236. The number of hydrogen-bond donors (Lipinski definition) is 1.